The summed E-state index contributed by atoms with van der Waals surface area (Å²) >= 11 is 0. The zero-order valence-electron chi connectivity index (χ0n) is 9.29. The van der Waals surface area contributed by atoms with E-state index in [0.29, 0.717) is 19.1 Å². The van der Waals surface area contributed by atoms with Gasteiger partial charge in [0.2, 0.25) is 0 Å². The van der Waals surface area contributed by atoms with E-state index in [1.54, 1.807) is 14.2 Å². The molecule has 0 spiro atoms. The molecule has 0 aromatic rings. The fraction of sp³-hybridized carbons (Fsp3) is 1.00. The van der Waals surface area contributed by atoms with Gasteiger partial charge in [-0.3, -0.25) is 0 Å². The van der Waals surface area contributed by atoms with Gasteiger partial charge in [0, 0.05) is 20.1 Å². The summed E-state index contributed by atoms with van der Waals surface area (Å²) in [6, 6.07) is 0. The van der Waals surface area contributed by atoms with Crippen LogP contribution in [-0.4, -0.2) is 45.7 Å². The Morgan fingerprint density at radius 2 is 2.21 bits per heavy atom. The standard InChI is InChI=1S/C10H21NO3/c1-8-6-14-10(4-5-11,7-12-2)9(8)13-3/h8-9H,4-7,11H2,1-3H3/t8-,9?,10?/m0/s1. The molecule has 1 heterocycles. The lowest BCUT2D eigenvalue weighted by Gasteiger charge is -2.33. The van der Waals surface area contributed by atoms with Crippen LogP contribution in [0.1, 0.15) is 13.3 Å². The molecule has 0 aromatic carbocycles. The molecule has 1 aliphatic heterocycles. The van der Waals surface area contributed by atoms with E-state index in [9.17, 15) is 0 Å². The highest BCUT2D eigenvalue weighted by Crippen LogP contribution is 2.35. The quantitative estimate of drug-likeness (QED) is 0.703. The van der Waals surface area contributed by atoms with Crippen LogP contribution in [0.5, 0.6) is 0 Å². The van der Waals surface area contributed by atoms with E-state index in [1.165, 1.54) is 0 Å². The average Bonchev–Trinajstić information content (AvgIpc) is 2.45. The number of rotatable bonds is 5. The van der Waals surface area contributed by atoms with E-state index in [1.807, 2.05) is 0 Å². The normalized spacial score (nSPS) is 37.7. The molecule has 0 radical (unpaired) electrons. The maximum Gasteiger partial charge on any atom is 0.119 e. The van der Waals surface area contributed by atoms with Gasteiger partial charge in [-0.15, -0.1) is 0 Å². The van der Waals surface area contributed by atoms with E-state index >= 15 is 0 Å². The van der Waals surface area contributed by atoms with Gasteiger partial charge < -0.3 is 19.9 Å². The molecule has 1 fully saturated rings. The minimum absolute atomic E-state index is 0.0889. The molecule has 2 N–H and O–H groups in total. The van der Waals surface area contributed by atoms with Crippen LogP contribution in [0, 0.1) is 5.92 Å². The molecule has 1 aliphatic rings. The first-order valence-electron chi connectivity index (χ1n) is 5.06. The minimum Gasteiger partial charge on any atom is -0.382 e. The van der Waals surface area contributed by atoms with Gasteiger partial charge in [0.1, 0.15) is 5.60 Å². The molecule has 14 heavy (non-hydrogen) atoms. The Labute approximate surface area is 85.7 Å². The van der Waals surface area contributed by atoms with Gasteiger partial charge >= 0.3 is 0 Å². The molecule has 0 amide bonds. The summed E-state index contributed by atoms with van der Waals surface area (Å²) in [5.74, 6) is 0.404. The smallest absolute Gasteiger partial charge is 0.119 e. The van der Waals surface area contributed by atoms with Gasteiger partial charge in [0.25, 0.3) is 0 Å². The van der Waals surface area contributed by atoms with Crippen LogP contribution < -0.4 is 5.73 Å². The van der Waals surface area contributed by atoms with Crippen LogP contribution in [0.25, 0.3) is 0 Å². The number of ether oxygens (including phenoxy) is 3. The van der Waals surface area contributed by atoms with E-state index < -0.39 is 0 Å². The van der Waals surface area contributed by atoms with Gasteiger partial charge in [-0.05, 0) is 13.0 Å². The predicted octanol–water partition coefficient (Wildman–Crippen LogP) is 0.402. The van der Waals surface area contributed by atoms with E-state index in [4.69, 9.17) is 19.9 Å². The fourth-order valence-electron chi connectivity index (χ4n) is 2.33. The molecule has 0 aromatic heterocycles. The first-order chi connectivity index (χ1) is 6.70. The zero-order chi connectivity index (χ0) is 10.6. The van der Waals surface area contributed by atoms with Gasteiger partial charge in [0.15, 0.2) is 0 Å². The first kappa shape index (κ1) is 11.9. The van der Waals surface area contributed by atoms with Crippen LogP contribution in [-0.2, 0) is 14.2 Å². The highest BCUT2D eigenvalue weighted by Gasteiger charge is 2.48. The number of hydrogen-bond acceptors (Lipinski definition) is 4. The minimum atomic E-state index is -0.336. The van der Waals surface area contributed by atoms with Crippen molar-refractivity contribution < 1.29 is 14.2 Å². The largest absolute Gasteiger partial charge is 0.382 e. The Hall–Kier alpha value is -0.160. The van der Waals surface area contributed by atoms with Crippen molar-refractivity contribution in [1.29, 1.82) is 0 Å². The molecule has 84 valence electrons. The third kappa shape index (κ3) is 2.08. The summed E-state index contributed by atoms with van der Waals surface area (Å²) in [7, 11) is 3.40. The van der Waals surface area contributed by atoms with Gasteiger partial charge in [-0.2, -0.15) is 0 Å². The van der Waals surface area contributed by atoms with Crippen molar-refractivity contribution in [2.75, 3.05) is 34.0 Å². The average molecular weight is 203 g/mol. The molecule has 2 unspecified atom stereocenters. The summed E-state index contributed by atoms with van der Waals surface area (Å²) in [6.07, 6.45) is 0.870. The van der Waals surface area contributed by atoms with Crippen molar-refractivity contribution in [2.24, 2.45) is 11.7 Å². The molecule has 0 saturated carbocycles. The van der Waals surface area contributed by atoms with Crippen LogP contribution in [0.4, 0.5) is 0 Å². The lowest BCUT2D eigenvalue weighted by molar-refractivity contribution is -0.115. The topological polar surface area (TPSA) is 53.7 Å². The molecular weight excluding hydrogens is 182 g/mol. The van der Waals surface area contributed by atoms with Crippen molar-refractivity contribution in [1.82, 2.24) is 0 Å². The Kier molecular flexibility index (Phi) is 4.31. The van der Waals surface area contributed by atoms with Crippen molar-refractivity contribution in [3.05, 3.63) is 0 Å². The third-order valence-corrected chi connectivity index (χ3v) is 2.88. The lowest BCUT2D eigenvalue weighted by Crippen LogP contribution is -2.47. The Morgan fingerprint density at radius 1 is 1.50 bits per heavy atom. The second-order valence-corrected chi connectivity index (χ2v) is 3.98. The van der Waals surface area contributed by atoms with E-state index in [0.717, 1.165) is 13.0 Å². The zero-order valence-corrected chi connectivity index (χ0v) is 9.29. The predicted molar refractivity (Wildman–Crippen MR) is 54.2 cm³/mol. The second kappa shape index (κ2) is 5.07. The lowest BCUT2D eigenvalue weighted by atomic mass is 9.89. The number of methoxy groups -OCH3 is 2. The molecule has 0 aliphatic carbocycles. The van der Waals surface area contributed by atoms with Gasteiger partial charge in [0.05, 0.1) is 19.3 Å². The maximum absolute atomic E-state index is 5.81. The second-order valence-electron chi connectivity index (χ2n) is 3.98. The molecule has 0 bridgehead atoms. The molecule has 4 heteroatoms. The summed E-state index contributed by atoms with van der Waals surface area (Å²) in [6.45, 7) is 3.99. The molecule has 1 rings (SSSR count). The monoisotopic (exact) mass is 203 g/mol. The Bertz CT molecular complexity index is 163. The number of hydrogen-bond donors (Lipinski definition) is 1. The highest BCUT2D eigenvalue weighted by molar-refractivity contribution is 4.97. The molecule has 4 nitrogen and oxygen atoms in total. The van der Waals surface area contributed by atoms with Crippen LogP contribution in [0.3, 0.4) is 0 Å². The molecule has 3 atom stereocenters. The molecular formula is C10H21NO3. The highest BCUT2D eigenvalue weighted by atomic mass is 16.6. The van der Waals surface area contributed by atoms with Gasteiger partial charge in [-0.1, -0.05) is 6.92 Å². The SMILES string of the molecule is COCC1(CCN)OC[C@H](C)C1OC. The number of nitrogens with two attached hydrogens (primary N) is 1. The van der Waals surface area contributed by atoms with Crippen molar-refractivity contribution in [2.45, 2.75) is 25.0 Å². The van der Waals surface area contributed by atoms with Crippen molar-refractivity contribution >= 4 is 0 Å². The maximum atomic E-state index is 5.81. The first-order valence-corrected chi connectivity index (χ1v) is 5.06. The molecule has 1 saturated heterocycles. The van der Waals surface area contributed by atoms with Crippen molar-refractivity contribution in [3.8, 4) is 0 Å². The summed E-state index contributed by atoms with van der Waals surface area (Å²) in [5, 5.41) is 0. The van der Waals surface area contributed by atoms with Crippen LogP contribution >= 0.6 is 0 Å². The Balaban J connectivity index is 2.73. The summed E-state index contributed by atoms with van der Waals surface area (Å²) in [4.78, 5) is 0. The van der Waals surface area contributed by atoms with Crippen LogP contribution in [0.15, 0.2) is 0 Å². The van der Waals surface area contributed by atoms with E-state index in [2.05, 4.69) is 6.92 Å². The fourth-order valence-corrected chi connectivity index (χ4v) is 2.33. The van der Waals surface area contributed by atoms with Crippen molar-refractivity contribution in [3.63, 3.8) is 0 Å². The van der Waals surface area contributed by atoms with E-state index in [-0.39, 0.29) is 11.7 Å². The summed E-state index contributed by atoms with van der Waals surface area (Å²) < 4.78 is 16.5. The Morgan fingerprint density at radius 3 is 2.71 bits per heavy atom. The third-order valence-electron chi connectivity index (χ3n) is 2.88. The van der Waals surface area contributed by atoms with Gasteiger partial charge in [-0.25, -0.2) is 0 Å². The summed E-state index contributed by atoms with van der Waals surface area (Å²) in [5.41, 5.74) is 5.26. The van der Waals surface area contributed by atoms with Crippen LogP contribution in [0.2, 0.25) is 0 Å².